The van der Waals surface area contributed by atoms with Crippen LogP contribution in [0.4, 0.5) is 5.69 Å². The van der Waals surface area contributed by atoms with Gasteiger partial charge in [0.25, 0.3) is 5.91 Å². The molecule has 0 fully saturated rings. The third-order valence-corrected chi connectivity index (χ3v) is 4.47. The summed E-state index contributed by atoms with van der Waals surface area (Å²) in [5.74, 6) is 0.262. The summed E-state index contributed by atoms with van der Waals surface area (Å²) in [6, 6.07) is 13.1. The molecule has 2 aromatic carbocycles. The molecule has 1 atom stereocenters. The zero-order valence-electron chi connectivity index (χ0n) is 16.6. The van der Waals surface area contributed by atoms with Gasteiger partial charge < -0.3 is 15.4 Å². The fraction of sp³-hybridized carbons (Fsp3) is 0.227. The second-order valence-corrected chi connectivity index (χ2v) is 6.66. The Morgan fingerprint density at radius 1 is 1.34 bits per heavy atom. The number of ether oxygens (including phenoxy) is 1. The number of hydrogen-bond acceptors (Lipinski definition) is 5. The van der Waals surface area contributed by atoms with Gasteiger partial charge >= 0.3 is 0 Å². The lowest BCUT2D eigenvalue weighted by molar-refractivity contribution is -0.117. The van der Waals surface area contributed by atoms with Gasteiger partial charge in [0, 0.05) is 22.8 Å². The Labute approximate surface area is 169 Å². The average Bonchev–Trinajstić information content (AvgIpc) is 3.17. The Bertz CT molecular complexity index is 1090. The second kappa shape index (κ2) is 8.93. The zero-order chi connectivity index (χ0) is 20.8. The fourth-order valence-electron chi connectivity index (χ4n) is 2.98. The van der Waals surface area contributed by atoms with E-state index in [0.717, 1.165) is 33.5 Å². The number of aryl methyl sites for hydroxylation is 1. The largest absolute Gasteiger partial charge is 0.494 e. The lowest BCUT2D eigenvalue weighted by atomic mass is 10.0. The van der Waals surface area contributed by atoms with Gasteiger partial charge in [-0.2, -0.15) is 10.4 Å². The Morgan fingerprint density at radius 2 is 2.17 bits per heavy atom. The van der Waals surface area contributed by atoms with Gasteiger partial charge in [-0.15, -0.1) is 0 Å². The number of benzene rings is 2. The van der Waals surface area contributed by atoms with Gasteiger partial charge in [0.15, 0.2) is 0 Å². The van der Waals surface area contributed by atoms with E-state index in [2.05, 4.69) is 20.8 Å². The molecule has 1 unspecified atom stereocenters. The number of rotatable bonds is 7. The predicted octanol–water partition coefficient (Wildman–Crippen LogP) is 3.97. The van der Waals surface area contributed by atoms with E-state index in [1.165, 1.54) is 6.20 Å². The first kappa shape index (κ1) is 20.0. The van der Waals surface area contributed by atoms with Gasteiger partial charge in [0.1, 0.15) is 17.4 Å². The lowest BCUT2D eigenvalue weighted by Gasteiger charge is -2.18. The van der Waals surface area contributed by atoms with Crippen molar-refractivity contribution in [2.45, 2.75) is 26.8 Å². The maximum Gasteiger partial charge on any atom is 0.263 e. The van der Waals surface area contributed by atoms with E-state index in [-0.39, 0.29) is 11.6 Å². The smallest absolute Gasteiger partial charge is 0.263 e. The van der Waals surface area contributed by atoms with Gasteiger partial charge in [0.05, 0.1) is 24.4 Å². The van der Waals surface area contributed by atoms with Crippen LogP contribution in [-0.2, 0) is 4.79 Å². The number of amides is 1. The number of fused-ring (bicyclic) bond motifs is 1. The molecule has 0 aliphatic heterocycles. The number of carbonyl (C=O) groups is 1. The van der Waals surface area contributed by atoms with Crippen LogP contribution < -0.4 is 15.4 Å². The van der Waals surface area contributed by atoms with Crippen LogP contribution in [0.2, 0.25) is 0 Å². The highest BCUT2D eigenvalue weighted by Gasteiger charge is 2.17. The Hall–Kier alpha value is -3.79. The third-order valence-electron chi connectivity index (χ3n) is 4.47. The summed E-state index contributed by atoms with van der Waals surface area (Å²) in [6.45, 7) is 6.29. The molecule has 0 bridgehead atoms. The molecule has 1 heterocycles. The summed E-state index contributed by atoms with van der Waals surface area (Å²) in [4.78, 5) is 12.6. The first-order chi connectivity index (χ1) is 14.0. The molecule has 0 spiro atoms. The van der Waals surface area contributed by atoms with E-state index in [1.54, 1.807) is 6.20 Å². The second-order valence-electron chi connectivity index (χ2n) is 6.66. The van der Waals surface area contributed by atoms with Crippen molar-refractivity contribution in [2.75, 3.05) is 11.9 Å². The van der Waals surface area contributed by atoms with Gasteiger partial charge in [-0.25, -0.2) is 0 Å². The van der Waals surface area contributed by atoms with Crippen LogP contribution in [0.1, 0.15) is 31.0 Å². The number of nitriles is 1. The van der Waals surface area contributed by atoms with E-state index in [0.29, 0.717) is 6.61 Å². The molecule has 0 saturated heterocycles. The van der Waals surface area contributed by atoms with Gasteiger partial charge in [0.2, 0.25) is 0 Å². The maximum atomic E-state index is 12.6. The summed E-state index contributed by atoms with van der Waals surface area (Å²) in [5, 5.41) is 23.1. The average molecular weight is 389 g/mol. The van der Waals surface area contributed by atoms with Crippen molar-refractivity contribution in [2.24, 2.45) is 0 Å². The number of hydrogen-bond donors (Lipinski definition) is 3. The monoisotopic (exact) mass is 389 g/mol. The molecular weight excluding hydrogens is 366 g/mol. The Morgan fingerprint density at radius 3 is 2.93 bits per heavy atom. The highest BCUT2D eigenvalue weighted by atomic mass is 16.5. The molecule has 0 aliphatic rings. The van der Waals surface area contributed by atoms with Crippen LogP contribution in [0.15, 0.2) is 54.4 Å². The number of carbonyl (C=O) groups excluding carboxylic acids is 1. The molecule has 29 heavy (non-hydrogen) atoms. The third kappa shape index (κ3) is 4.74. The molecule has 148 valence electrons. The Kier molecular flexibility index (Phi) is 6.15. The highest BCUT2D eigenvalue weighted by Crippen LogP contribution is 2.26. The maximum absolute atomic E-state index is 12.6. The van der Waals surface area contributed by atoms with Crippen LogP contribution in [0.5, 0.6) is 5.75 Å². The van der Waals surface area contributed by atoms with Crippen molar-refractivity contribution in [1.29, 1.82) is 5.26 Å². The SMILES string of the molecule is CCOc1ccc(C)cc1C(C)NC(=O)/C(C#N)=C\Nc1ccc2cn[nH]c2c1. The number of anilines is 1. The van der Waals surface area contributed by atoms with E-state index >= 15 is 0 Å². The van der Waals surface area contributed by atoms with E-state index in [9.17, 15) is 10.1 Å². The van der Waals surface area contributed by atoms with Crippen molar-refractivity contribution >= 4 is 22.5 Å². The molecule has 0 radical (unpaired) electrons. The minimum absolute atomic E-state index is 0.0211. The number of aromatic amines is 1. The molecule has 0 aliphatic carbocycles. The number of nitrogens with zero attached hydrogens (tertiary/aromatic N) is 2. The standard InChI is InChI=1S/C22H23N5O2/c1-4-29-21-8-5-14(2)9-19(21)15(3)26-22(28)17(11-23)12-24-18-7-6-16-13-25-27-20(16)10-18/h5-10,12-13,15,24H,4H2,1-3H3,(H,25,27)(H,26,28)/b17-12-. The molecule has 7 heteroatoms. The van der Waals surface area contributed by atoms with Crippen LogP contribution in [0, 0.1) is 18.3 Å². The van der Waals surface area contributed by atoms with E-state index < -0.39 is 5.91 Å². The van der Waals surface area contributed by atoms with E-state index in [1.807, 2.05) is 63.2 Å². The minimum Gasteiger partial charge on any atom is -0.494 e. The van der Waals surface area contributed by atoms with Crippen LogP contribution in [0.25, 0.3) is 10.9 Å². The first-order valence-corrected chi connectivity index (χ1v) is 9.36. The minimum atomic E-state index is -0.459. The van der Waals surface area contributed by atoms with Gasteiger partial charge in [-0.1, -0.05) is 17.7 Å². The van der Waals surface area contributed by atoms with Crippen LogP contribution in [-0.4, -0.2) is 22.7 Å². The van der Waals surface area contributed by atoms with Gasteiger partial charge in [-0.05, 0) is 45.0 Å². The van der Waals surface area contributed by atoms with Crippen molar-refractivity contribution in [1.82, 2.24) is 15.5 Å². The Balaban J connectivity index is 1.73. The summed E-state index contributed by atoms with van der Waals surface area (Å²) in [6.07, 6.45) is 3.13. The van der Waals surface area contributed by atoms with Crippen LogP contribution in [0.3, 0.4) is 0 Å². The molecule has 3 rings (SSSR count). The van der Waals surface area contributed by atoms with Crippen molar-refractivity contribution < 1.29 is 9.53 Å². The molecule has 7 nitrogen and oxygen atoms in total. The van der Waals surface area contributed by atoms with Crippen molar-refractivity contribution in [3.05, 3.63) is 65.5 Å². The summed E-state index contributed by atoms with van der Waals surface area (Å²) in [7, 11) is 0. The number of H-pyrrole nitrogens is 1. The topological polar surface area (TPSA) is 103 Å². The molecule has 0 saturated carbocycles. The molecule has 1 aromatic heterocycles. The molecule has 3 N–H and O–H groups in total. The lowest BCUT2D eigenvalue weighted by Crippen LogP contribution is -2.28. The summed E-state index contributed by atoms with van der Waals surface area (Å²) < 4.78 is 5.66. The summed E-state index contributed by atoms with van der Waals surface area (Å²) in [5.41, 5.74) is 3.52. The molecule has 1 amide bonds. The van der Waals surface area contributed by atoms with Crippen molar-refractivity contribution in [3.63, 3.8) is 0 Å². The molecular formula is C22H23N5O2. The van der Waals surface area contributed by atoms with Gasteiger partial charge in [-0.3, -0.25) is 9.89 Å². The highest BCUT2D eigenvalue weighted by molar-refractivity contribution is 5.97. The van der Waals surface area contributed by atoms with Crippen molar-refractivity contribution in [3.8, 4) is 11.8 Å². The quantitative estimate of drug-likeness (QED) is 0.419. The summed E-state index contributed by atoms with van der Waals surface area (Å²) >= 11 is 0. The predicted molar refractivity (Wildman–Crippen MR) is 112 cm³/mol. The van der Waals surface area contributed by atoms with E-state index in [4.69, 9.17) is 4.74 Å². The fourth-order valence-corrected chi connectivity index (χ4v) is 2.98. The first-order valence-electron chi connectivity index (χ1n) is 9.36. The van der Waals surface area contributed by atoms with Crippen LogP contribution >= 0.6 is 0 Å². The molecule has 3 aromatic rings. The zero-order valence-corrected chi connectivity index (χ0v) is 16.6. The number of nitrogens with one attached hydrogen (secondary N) is 3. The normalized spacial score (nSPS) is 12.3. The number of aromatic nitrogens is 2.